The highest BCUT2D eigenvalue weighted by Crippen LogP contribution is 2.26. The number of thioether (sulfide) groups is 1. The van der Waals surface area contributed by atoms with Gasteiger partial charge in [-0.05, 0) is 30.7 Å². The highest BCUT2D eigenvalue weighted by Gasteiger charge is 2.17. The molecule has 0 fully saturated rings. The molecule has 154 valence electrons. The van der Waals surface area contributed by atoms with Gasteiger partial charge in [0, 0.05) is 11.6 Å². The summed E-state index contributed by atoms with van der Waals surface area (Å²) in [5.41, 5.74) is 2.05. The third-order valence-corrected chi connectivity index (χ3v) is 5.40. The lowest BCUT2D eigenvalue weighted by Crippen LogP contribution is -2.07. The molecule has 0 amide bonds. The summed E-state index contributed by atoms with van der Waals surface area (Å²) < 4.78 is 13.4. The molecule has 30 heavy (non-hydrogen) atoms. The molecule has 0 spiro atoms. The van der Waals surface area contributed by atoms with Crippen LogP contribution < -0.4 is 4.74 Å². The van der Waals surface area contributed by atoms with E-state index < -0.39 is 0 Å². The van der Waals surface area contributed by atoms with Crippen LogP contribution in [0.2, 0.25) is 0 Å². The van der Waals surface area contributed by atoms with Gasteiger partial charge in [0.15, 0.2) is 16.8 Å². The first-order valence-corrected chi connectivity index (χ1v) is 10.7. The molecular formula is C22H23N5O2S. The van der Waals surface area contributed by atoms with E-state index in [1.165, 1.54) is 11.8 Å². The largest absolute Gasteiger partial charge is 0.485 e. The van der Waals surface area contributed by atoms with Crippen LogP contribution in [-0.4, -0.2) is 24.9 Å². The van der Waals surface area contributed by atoms with Crippen LogP contribution >= 0.6 is 11.8 Å². The summed E-state index contributed by atoms with van der Waals surface area (Å²) in [6.45, 7) is 6.41. The van der Waals surface area contributed by atoms with Crippen molar-refractivity contribution >= 4 is 11.8 Å². The molecule has 0 unspecified atom stereocenters. The third-order valence-electron chi connectivity index (χ3n) is 4.49. The predicted molar refractivity (Wildman–Crippen MR) is 115 cm³/mol. The number of hydrogen-bond donors (Lipinski definition) is 0. The van der Waals surface area contributed by atoms with Gasteiger partial charge < -0.3 is 9.26 Å². The number of hydrogen-bond acceptors (Lipinski definition) is 7. The van der Waals surface area contributed by atoms with Crippen LogP contribution in [-0.2, 0) is 12.4 Å². The van der Waals surface area contributed by atoms with E-state index in [9.17, 15) is 0 Å². The summed E-state index contributed by atoms with van der Waals surface area (Å²) in [5, 5.41) is 13.5. The molecule has 0 atom stereocenters. The molecule has 4 aromatic rings. The van der Waals surface area contributed by atoms with Gasteiger partial charge in [-0.3, -0.25) is 4.57 Å². The fourth-order valence-corrected chi connectivity index (χ4v) is 3.68. The Morgan fingerprint density at radius 2 is 1.80 bits per heavy atom. The maximum absolute atomic E-state index is 6.02. The Balaban J connectivity index is 1.56. The Hall–Kier alpha value is -3.13. The standard InChI is InChI=1S/C22H23N5O2S/c1-15(2)21-23-20(29-26-21)14-30-22-25-24-19(27(22)17-10-5-4-6-11-17)13-28-18-12-8-7-9-16(18)3/h4-12,15H,13-14H2,1-3H3. The zero-order chi connectivity index (χ0) is 20.9. The second-order valence-electron chi connectivity index (χ2n) is 7.11. The van der Waals surface area contributed by atoms with Crippen LogP contribution in [0.15, 0.2) is 64.3 Å². The van der Waals surface area contributed by atoms with Crippen LogP contribution in [0.5, 0.6) is 5.75 Å². The van der Waals surface area contributed by atoms with E-state index in [1.54, 1.807) is 0 Å². The molecule has 4 rings (SSSR count). The molecule has 0 radical (unpaired) electrons. The molecule has 0 saturated carbocycles. The van der Waals surface area contributed by atoms with E-state index >= 15 is 0 Å². The zero-order valence-electron chi connectivity index (χ0n) is 17.1. The van der Waals surface area contributed by atoms with Gasteiger partial charge in [0.1, 0.15) is 12.4 Å². The van der Waals surface area contributed by atoms with Gasteiger partial charge in [-0.25, -0.2) is 0 Å². The van der Waals surface area contributed by atoms with Crippen molar-refractivity contribution in [2.75, 3.05) is 0 Å². The number of aryl methyl sites for hydroxylation is 1. The first kappa shape index (κ1) is 20.2. The molecule has 0 aliphatic carbocycles. The van der Waals surface area contributed by atoms with Gasteiger partial charge in [-0.15, -0.1) is 10.2 Å². The van der Waals surface area contributed by atoms with E-state index in [-0.39, 0.29) is 5.92 Å². The number of para-hydroxylation sites is 2. The van der Waals surface area contributed by atoms with Gasteiger partial charge in [0.05, 0.1) is 5.75 Å². The van der Waals surface area contributed by atoms with Crippen molar-refractivity contribution in [3.05, 3.63) is 77.7 Å². The second-order valence-corrected chi connectivity index (χ2v) is 8.06. The quantitative estimate of drug-likeness (QED) is 0.372. The van der Waals surface area contributed by atoms with E-state index in [4.69, 9.17) is 9.26 Å². The Labute approximate surface area is 179 Å². The van der Waals surface area contributed by atoms with E-state index in [2.05, 4.69) is 20.3 Å². The van der Waals surface area contributed by atoms with Crippen molar-refractivity contribution in [3.63, 3.8) is 0 Å². The van der Waals surface area contributed by atoms with Crippen LogP contribution in [0.25, 0.3) is 5.69 Å². The van der Waals surface area contributed by atoms with Gasteiger partial charge in [-0.2, -0.15) is 4.98 Å². The lowest BCUT2D eigenvalue weighted by atomic mass is 10.2. The lowest BCUT2D eigenvalue weighted by Gasteiger charge is -2.11. The molecule has 2 aromatic heterocycles. The number of aromatic nitrogens is 5. The van der Waals surface area contributed by atoms with Crippen molar-refractivity contribution in [1.29, 1.82) is 0 Å². The number of ether oxygens (including phenoxy) is 1. The molecule has 2 aromatic carbocycles. The maximum atomic E-state index is 6.02. The Morgan fingerprint density at radius 1 is 1.03 bits per heavy atom. The Bertz CT molecular complexity index is 1110. The fraction of sp³-hybridized carbons (Fsp3) is 0.273. The van der Waals surface area contributed by atoms with Crippen molar-refractivity contribution in [2.45, 2.75) is 44.2 Å². The van der Waals surface area contributed by atoms with Gasteiger partial charge >= 0.3 is 0 Å². The topological polar surface area (TPSA) is 78.9 Å². The highest BCUT2D eigenvalue weighted by atomic mass is 32.2. The predicted octanol–water partition coefficient (Wildman–Crippen LogP) is 4.95. The smallest absolute Gasteiger partial charge is 0.237 e. The van der Waals surface area contributed by atoms with Gasteiger partial charge in [-0.1, -0.05) is 67.2 Å². The van der Waals surface area contributed by atoms with Crippen molar-refractivity contribution in [3.8, 4) is 11.4 Å². The highest BCUT2D eigenvalue weighted by molar-refractivity contribution is 7.98. The van der Waals surface area contributed by atoms with Crippen molar-refractivity contribution < 1.29 is 9.26 Å². The van der Waals surface area contributed by atoms with E-state index in [1.807, 2.05) is 79.9 Å². The summed E-state index contributed by atoms with van der Waals surface area (Å²) >= 11 is 1.50. The minimum Gasteiger partial charge on any atom is -0.485 e. The average Bonchev–Trinajstić information content (AvgIpc) is 3.39. The number of benzene rings is 2. The Morgan fingerprint density at radius 3 is 2.53 bits per heavy atom. The van der Waals surface area contributed by atoms with E-state index in [0.717, 1.165) is 28.0 Å². The summed E-state index contributed by atoms with van der Waals surface area (Å²) in [7, 11) is 0. The summed E-state index contributed by atoms with van der Waals surface area (Å²) in [6, 6.07) is 17.9. The van der Waals surface area contributed by atoms with Crippen LogP contribution in [0.3, 0.4) is 0 Å². The number of rotatable bonds is 8. The summed E-state index contributed by atoms with van der Waals surface area (Å²) in [4.78, 5) is 4.44. The average molecular weight is 422 g/mol. The normalized spacial score (nSPS) is 11.2. The molecule has 8 heteroatoms. The fourth-order valence-electron chi connectivity index (χ4n) is 2.87. The molecule has 0 N–H and O–H groups in total. The summed E-state index contributed by atoms with van der Waals surface area (Å²) in [6.07, 6.45) is 0. The maximum Gasteiger partial charge on any atom is 0.237 e. The van der Waals surface area contributed by atoms with Gasteiger partial charge in [0.2, 0.25) is 5.89 Å². The zero-order valence-corrected chi connectivity index (χ0v) is 18.0. The van der Waals surface area contributed by atoms with Gasteiger partial charge in [0.25, 0.3) is 0 Å². The lowest BCUT2D eigenvalue weighted by molar-refractivity contribution is 0.291. The van der Waals surface area contributed by atoms with Crippen LogP contribution in [0.4, 0.5) is 0 Å². The van der Waals surface area contributed by atoms with Crippen molar-refractivity contribution in [2.24, 2.45) is 0 Å². The van der Waals surface area contributed by atoms with Crippen molar-refractivity contribution in [1.82, 2.24) is 24.9 Å². The Kier molecular flexibility index (Phi) is 6.13. The molecular weight excluding hydrogens is 398 g/mol. The van der Waals surface area contributed by atoms with Crippen LogP contribution in [0, 0.1) is 6.92 Å². The molecule has 7 nitrogen and oxygen atoms in total. The number of nitrogens with zero attached hydrogens (tertiary/aromatic N) is 5. The van der Waals surface area contributed by atoms with Crippen LogP contribution in [0.1, 0.15) is 42.9 Å². The monoisotopic (exact) mass is 421 g/mol. The molecule has 0 saturated heterocycles. The molecule has 0 aliphatic heterocycles. The molecule has 2 heterocycles. The van der Waals surface area contributed by atoms with E-state index in [0.29, 0.717) is 24.1 Å². The SMILES string of the molecule is Cc1ccccc1OCc1nnc(SCc2nc(C(C)C)no2)n1-c1ccccc1. The third kappa shape index (κ3) is 4.54. The first-order chi connectivity index (χ1) is 14.6. The molecule has 0 aliphatic rings. The first-order valence-electron chi connectivity index (χ1n) is 9.75. The summed E-state index contributed by atoms with van der Waals surface area (Å²) in [5.74, 6) is 3.59. The second kappa shape index (κ2) is 9.13. The minimum atomic E-state index is 0.227. The molecule has 0 bridgehead atoms. The minimum absolute atomic E-state index is 0.227.